The maximum Gasteiger partial charge on any atom is 0.133 e. The molecule has 0 unspecified atom stereocenters. The lowest BCUT2D eigenvalue weighted by atomic mass is 9.31. The van der Waals surface area contributed by atoms with Gasteiger partial charge in [-0.2, -0.15) is 0 Å². The van der Waals surface area contributed by atoms with Crippen molar-refractivity contribution in [3.8, 4) is 0 Å². The Hall–Kier alpha value is -0.410. The number of rotatable bonds is 0. The van der Waals surface area contributed by atoms with Gasteiger partial charge in [-0.25, -0.2) is 0 Å². The summed E-state index contributed by atoms with van der Waals surface area (Å²) in [6, 6.07) is 0. The number of nitrogens with one attached hydrogen (secondary N) is 1. The number of hydrogen-bond donors (Lipinski definition) is 1. The van der Waals surface area contributed by atoms with Crippen molar-refractivity contribution in [1.29, 1.82) is 0 Å². The van der Waals surface area contributed by atoms with Crippen molar-refractivity contribution in [2.24, 2.45) is 50.2 Å². The molecule has 6 fully saturated rings. The van der Waals surface area contributed by atoms with E-state index in [1.165, 1.54) is 38.5 Å². The van der Waals surface area contributed by atoms with Crippen LogP contribution in [0.3, 0.4) is 0 Å². The fourth-order valence-corrected chi connectivity index (χ4v) is 12.7. The Morgan fingerprint density at radius 1 is 0.829 bits per heavy atom. The number of ketones is 1. The van der Waals surface area contributed by atoms with Crippen LogP contribution >= 0.6 is 0 Å². The number of carbonyl (C=O) groups is 1. The van der Waals surface area contributed by atoms with Crippen LogP contribution in [0.1, 0.15) is 127 Å². The van der Waals surface area contributed by atoms with Crippen LogP contribution in [0.25, 0.3) is 0 Å². The van der Waals surface area contributed by atoms with E-state index in [2.05, 4.69) is 67.6 Å². The van der Waals surface area contributed by atoms with Crippen molar-refractivity contribution in [1.82, 2.24) is 5.32 Å². The zero-order valence-electron chi connectivity index (χ0n) is 24.3. The molecule has 0 radical (unpaired) electrons. The van der Waals surface area contributed by atoms with Gasteiger partial charge in [-0.05, 0) is 97.2 Å². The van der Waals surface area contributed by atoms with Gasteiger partial charge in [-0.15, -0.1) is 0 Å². The SMILES string of the molecule is C[C@H]1CC[C@]2(NC1)O[C@@]1(C)C[C@@]3(C)[C@@H]4CC[C@@]5(C)CC(=O)CC[C@]5(C)[C@@]4(C)CC[C@]3(C)[C@@]1(C)[C@@H]2C. The standard InChI is InChI=1S/C32H53NO2/c1-21-10-15-32(33-19-21)22(2)31(9)29(7)17-16-26(4)24(27(29,5)20-30(31,8)35-32)12-13-25(3)18-23(34)11-14-28(25,26)6/h21-22,24,33H,10-20H2,1-9H3/t21-,22-,24+,25-,26-,27-,28-,29-,30-,31+,32-/m0/s1. The molecule has 35 heavy (non-hydrogen) atoms. The van der Waals surface area contributed by atoms with E-state index >= 15 is 0 Å². The Balaban J connectivity index is 1.43. The lowest BCUT2D eigenvalue weighted by Crippen LogP contribution is -2.67. The highest BCUT2D eigenvalue weighted by atomic mass is 16.5. The van der Waals surface area contributed by atoms with Crippen molar-refractivity contribution >= 4 is 5.78 Å². The van der Waals surface area contributed by atoms with Gasteiger partial charge < -0.3 is 4.74 Å². The van der Waals surface area contributed by atoms with Crippen molar-refractivity contribution in [3.63, 3.8) is 0 Å². The second kappa shape index (κ2) is 6.77. The highest BCUT2D eigenvalue weighted by Crippen LogP contribution is 2.85. The van der Waals surface area contributed by atoms with Crippen LogP contribution in [-0.2, 0) is 9.53 Å². The quantitative estimate of drug-likeness (QED) is 0.387. The molecule has 0 aromatic carbocycles. The van der Waals surface area contributed by atoms with E-state index in [0.717, 1.165) is 38.1 Å². The fourth-order valence-electron chi connectivity index (χ4n) is 12.7. The molecule has 3 nitrogen and oxygen atoms in total. The monoisotopic (exact) mass is 483 g/mol. The highest BCUT2D eigenvalue weighted by molar-refractivity contribution is 5.80. The minimum Gasteiger partial charge on any atom is -0.354 e. The van der Waals surface area contributed by atoms with Crippen molar-refractivity contribution in [3.05, 3.63) is 0 Å². The Morgan fingerprint density at radius 3 is 2.20 bits per heavy atom. The molecule has 0 aromatic heterocycles. The summed E-state index contributed by atoms with van der Waals surface area (Å²) in [5.41, 5.74) is 1.11. The molecule has 3 heteroatoms. The minimum absolute atomic E-state index is 0.0983. The van der Waals surface area contributed by atoms with E-state index in [0.29, 0.717) is 23.0 Å². The predicted octanol–water partition coefficient (Wildman–Crippen LogP) is 7.53. The smallest absolute Gasteiger partial charge is 0.133 e. The molecule has 2 aliphatic heterocycles. The van der Waals surface area contributed by atoms with Gasteiger partial charge in [0.15, 0.2) is 0 Å². The first-order valence-corrected chi connectivity index (χ1v) is 15.0. The maximum atomic E-state index is 12.6. The van der Waals surface area contributed by atoms with Crippen molar-refractivity contribution < 1.29 is 9.53 Å². The molecular weight excluding hydrogens is 430 g/mol. The molecule has 0 bridgehead atoms. The van der Waals surface area contributed by atoms with E-state index in [1.807, 2.05) is 0 Å². The predicted molar refractivity (Wildman–Crippen MR) is 142 cm³/mol. The summed E-state index contributed by atoms with van der Waals surface area (Å²) >= 11 is 0. The van der Waals surface area contributed by atoms with E-state index in [1.54, 1.807) is 0 Å². The second-order valence-electron chi connectivity index (χ2n) is 16.2. The van der Waals surface area contributed by atoms with Gasteiger partial charge in [0.2, 0.25) is 0 Å². The van der Waals surface area contributed by atoms with Crippen LogP contribution < -0.4 is 5.32 Å². The summed E-state index contributed by atoms with van der Waals surface area (Å²) in [7, 11) is 0. The normalized spacial score (nSPS) is 63.9. The Kier molecular flexibility index (Phi) is 4.82. The van der Waals surface area contributed by atoms with Crippen LogP contribution in [0.4, 0.5) is 0 Å². The average Bonchev–Trinajstić information content (AvgIpc) is 3.02. The average molecular weight is 484 g/mol. The zero-order valence-corrected chi connectivity index (χ0v) is 24.3. The molecule has 2 heterocycles. The molecule has 198 valence electrons. The first kappa shape index (κ1) is 24.9. The van der Waals surface area contributed by atoms with Gasteiger partial charge in [0.05, 0.1) is 5.60 Å². The molecule has 2 saturated heterocycles. The highest BCUT2D eigenvalue weighted by Gasteiger charge is 2.83. The molecule has 4 saturated carbocycles. The molecule has 0 aromatic rings. The fraction of sp³-hybridized carbons (Fsp3) is 0.969. The zero-order chi connectivity index (χ0) is 25.5. The van der Waals surface area contributed by atoms with Gasteiger partial charge >= 0.3 is 0 Å². The summed E-state index contributed by atoms with van der Waals surface area (Å²) in [6.07, 6.45) is 11.4. The largest absolute Gasteiger partial charge is 0.354 e. The number of Topliss-reactive ketones (excluding diaryl/α,β-unsaturated/α-hetero) is 1. The number of piperidine rings is 1. The number of carbonyl (C=O) groups excluding carboxylic acids is 1. The third-order valence-corrected chi connectivity index (χ3v) is 15.7. The van der Waals surface area contributed by atoms with Crippen LogP contribution in [0.2, 0.25) is 0 Å². The first-order valence-electron chi connectivity index (χ1n) is 15.0. The van der Waals surface area contributed by atoms with Gasteiger partial charge in [0.25, 0.3) is 0 Å². The third-order valence-electron chi connectivity index (χ3n) is 15.7. The summed E-state index contributed by atoms with van der Waals surface area (Å²) in [4.78, 5) is 12.6. The lowest BCUT2D eigenvalue weighted by molar-refractivity contribution is -0.245. The molecule has 6 rings (SSSR count). The van der Waals surface area contributed by atoms with Crippen molar-refractivity contribution in [2.45, 2.75) is 138 Å². The Morgan fingerprint density at radius 2 is 1.54 bits per heavy atom. The van der Waals surface area contributed by atoms with Gasteiger partial charge in [-0.3, -0.25) is 10.1 Å². The second-order valence-corrected chi connectivity index (χ2v) is 16.2. The number of hydrogen-bond acceptors (Lipinski definition) is 3. The van der Waals surface area contributed by atoms with E-state index < -0.39 is 0 Å². The van der Waals surface area contributed by atoms with Crippen LogP contribution in [0, 0.1) is 50.2 Å². The summed E-state index contributed by atoms with van der Waals surface area (Å²) in [5, 5.41) is 3.96. The van der Waals surface area contributed by atoms with E-state index in [4.69, 9.17) is 4.74 Å². The van der Waals surface area contributed by atoms with Gasteiger partial charge in [0, 0.05) is 30.7 Å². The van der Waals surface area contributed by atoms with Crippen molar-refractivity contribution in [2.75, 3.05) is 6.54 Å². The van der Waals surface area contributed by atoms with Crippen LogP contribution in [0.15, 0.2) is 0 Å². The van der Waals surface area contributed by atoms with E-state index in [-0.39, 0.29) is 38.4 Å². The minimum atomic E-state index is -0.151. The maximum absolute atomic E-state index is 12.6. The number of ether oxygens (including phenoxy) is 1. The number of fused-ring (bicyclic) bond motifs is 7. The molecule has 1 spiro atoms. The van der Waals surface area contributed by atoms with Gasteiger partial charge in [-0.1, -0.05) is 55.4 Å². The molecular formula is C32H53NO2. The third kappa shape index (κ3) is 2.47. The van der Waals surface area contributed by atoms with Crippen LogP contribution in [-0.4, -0.2) is 23.7 Å². The molecule has 1 N–H and O–H groups in total. The van der Waals surface area contributed by atoms with Crippen LogP contribution in [0.5, 0.6) is 0 Å². The molecule has 4 aliphatic carbocycles. The molecule has 6 aliphatic rings. The Bertz CT molecular complexity index is 953. The summed E-state index contributed by atoms with van der Waals surface area (Å²) < 4.78 is 7.41. The first-order chi connectivity index (χ1) is 16.1. The summed E-state index contributed by atoms with van der Waals surface area (Å²) in [5.74, 6) is 2.45. The topological polar surface area (TPSA) is 38.3 Å². The van der Waals surface area contributed by atoms with E-state index in [9.17, 15) is 4.79 Å². The molecule has 0 amide bonds. The molecule has 11 atom stereocenters. The summed E-state index contributed by atoms with van der Waals surface area (Å²) in [6.45, 7) is 24.2. The Labute approximate surface area is 215 Å². The lowest BCUT2D eigenvalue weighted by Gasteiger charge is -2.73. The van der Waals surface area contributed by atoms with Gasteiger partial charge in [0.1, 0.15) is 11.5 Å².